The molecule has 0 radical (unpaired) electrons. The fraction of sp³-hybridized carbons (Fsp3) is 0.571. The molecule has 0 bridgehead atoms. The van der Waals surface area contributed by atoms with Crippen LogP contribution < -0.4 is 5.56 Å². The van der Waals surface area contributed by atoms with E-state index in [0.717, 1.165) is 12.8 Å². The van der Waals surface area contributed by atoms with E-state index < -0.39 is 0 Å². The molecule has 0 fully saturated rings. The molecule has 1 amide bonds. The quantitative estimate of drug-likeness (QED) is 0.816. The Bertz CT molecular complexity index is 703. The summed E-state index contributed by atoms with van der Waals surface area (Å²) in [6, 6.07) is 0.160. The summed E-state index contributed by atoms with van der Waals surface area (Å²) in [5, 5.41) is 4.44. The zero-order valence-electron chi connectivity index (χ0n) is 12.9. The van der Waals surface area contributed by atoms with E-state index in [4.69, 9.17) is 0 Å². The van der Waals surface area contributed by atoms with Gasteiger partial charge in [-0.1, -0.05) is 13.3 Å². The highest BCUT2D eigenvalue weighted by Crippen LogP contribution is 2.06. The van der Waals surface area contributed by atoms with Crippen LogP contribution in [0.15, 0.2) is 17.3 Å². The Kier molecular flexibility index (Phi) is 4.40. The topological polar surface area (TPSA) is 73.0 Å². The summed E-state index contributed by atoms with van der Waals surface area (Å²) in [6.45, 7) is 4.09. The van der Waals surface area contributed by atoms with Crippen molar-refractivity contribution >= 4 is 16.9 Å². The van der Waals surface area contributed by atoms with Crippen molar-refractivity contribution in [1.29, 1.82) is 0 Å². The van der Waals surface area contributed by atoms with Gasteiger partial charge in [0, 0.05) is 20.1 Å². The lowest BCUT2D eigenvalue weighted by molar-refractivity contribution is -0.132. The third kappa shape index (κ3) is 2.96. The highest BCUT2D eigenvalue weighted by molar-refractivity contribution is 5.77. The molecule has 2 aromatic rings. The Morgan fingerprint density at radius 2 is 2.19 bits per heavy atom. The lowest BCUT2D eigenvalue weighted by atomic mass is 10.2. The van der Waals surface area contributed by atoms with Gasteiger partial charge in [-0.05, 0) is 13.3 Å². The second-order valence-electron chi connectivity index (χ2n) is 5.33. The molecule has 1 unspecified atom stereocenters. The first-order chi connectivity index (χ1) is 9.95. The third-order valence-electron chi connectivity index (χ3n) is 3.78. The van der Waals surface area contributed by atoms with Crippen molar-refractivity contribution in [2.24, 2.45) is 7.05 Å². The number of aryl methyl sites for hydroxylation is 1. The zero-order valence-corrected chi connectivity index (χ0v) is 12.9. The molecule has 1 atom stereocenters. The molecule has 0 aliphatic rings. The zero-order chi connectivity index (χ0) is 15.6. The van der Waals surface area contributed by atoms with E-state index in [1.54, 1.807) is 23.7 Å². The minimum Gasteiger partial charge on any atom is -0.342 e. The number of carbonyl (C=O) groups is 1. The molecular weight excluding hydrogens is 270 g/mol. The van der Waals surface area contributed by atoms with Gasteiger partial charge < -0.3 is 4.90 Å². The summed E-state index contributed by atoms with van der Waals surface area (Å²) >= 11 is 0. The van der Waals surface area contributed by atoms with Crippen molar-refractivity contribution in [3.63, 3.8) is 0 Å². The van der Waals surface area contributed by atoms with Gasteiger partial charge in [0.25, 0.3) is 5.56 Å². The molecule has 2 rings (SSSR count). The molecule has 0 saturated heterocycles. The Hall–Kier alpha value is -2.18. The minimum atomic E-state index is -0.238. The van der Waals surface area contributed by atoms with Crippen molar-refractivity contribution in [2.75, 3.05) is 7.05 Å². The molecular formula is C14H21N5O2. The number of amides is 1. The van der Waals surface area contributed by atoms with Crippen LogP contribution >= 0.6 is 0 Å². The number of aromatic nitrogens is 4. The van der Waals surface area contributed by atoms with E-state index in [9.17, 15) is 9.59 Å². The van der Waals surface area contributed by atoms with Crippen LogP contribution in [0.3, 0.4) is 0 Å². The first-order valence-electron chi connectivity index (χ1n) is 7.08. The molecule has 2 aromatic heterocycles. The van der Waals surface area contributed by atoms with Crippen LogP contribution in [0, 0.1) is 0 Å². The van der Waals surface area contributed by atoms with Gasteiger partial charge in [-0.2, -0.15) is 5.10 Å². The maximum Gasteiger partial charge on any atom is 0.264 e. The Morgan fingerprint density at radius 1 is 1.48 bits per heavy atom. The van der Waals surface area contributed by atoms with Crippen LogP contribution in [0.4, 0.5) is 0 Å². The van der Waals surface area contributed by atoms with Crippen molar-refractivity contribution in [2.45, 2.75) is 39.3 Å². The fourth-order valence-corrected chi connectivity index (χ4v) is 2.29. The standard InChI is InChI=1S/C14H21N5O2/c1-5-6-10(2)17(3)12(20)8-19-9-15-13-11(14(19)21)7-16-18(13)4/h7,9-10H,5-6,8H2,1-4H3. The number of rotatable bonds is 5. The van der Waals surface area contributed by atoms with E-state index in [-0.39, 0.29) is 24.1 Å². The smallest absolute Gasteiger partial charge is 0.264 e. The lowest BCUT2D eigenvalue weighted by Gasteiger charge is -2.24. The largest absolute Gasteiger partial charge is 0.342 e. The number of fused-ring (bicyclic) bond motifs is 1. The maximum atomic E-state index is 12.3. The molecule has 0 saturated carbocycles. The first kappa shape index (κ1) is 15.2. The van der Waals surface area contributed by atoms with Gasteiger partial charge in [0.05, 0.1) is 6.20 Å². The summed E-state index contributed by atoms with van der Waals surface area (Å²) < 4.78 is 2.87. The molecule has 0 aromatic carbocycles. The van der Waals surface area contributed by atoms with Gasteiger partial charge in [-0.25, -0.2) is 4.98 Å². The predicted molar refractivity (Wildman–Crippen MR) is 79.9 cm³/mol. The van der Waals surface area contributed by atoms with Gasteiger partial charge in [0.2, 0.25) is 5.91 Å². The maximum absolute atomic E-state index is 12.3. The summed E-state index contributed by atoms with van der Waals surface area (Å²) in [4.78, 5) is 30.4. The SMILES string of the molecule is CCCC(C)N(C)C(=O)Cn1cnc2c(cnn2C)c1=O. The van der Waals surface area contributed by atoms with Gasteiger partial charge in [-0.15, -0.1) is 0 Å². The van der Waals surface area contributed by atoms with Gasteiger partial charge >= 0.3 is 0 Å². The number of hydrogen-bond acceptors (Lipinski definition) is 4. The number of nitrogens with zero attached hydrogens (tertiary/aromatic N) is 5. The van der Waals surface area contributed by atoms with Crippen molar-refractivity contribution < 1.29 is 4.79 Å². The number of likely N-dealkylation sites (N-methyl/N-ethyl adjacent to an activating group) is 1. The number of hydrogen-bond donors (Lipinski definition) is 0. The summed E-state index contributed by atoms with van der Waals surface area (Å²) in [7, 11) is 3.49. The van der Waals surface area contributed by atoms with E-state index >= 15 is 0 Å². The molecule has 2 heterocycles. The second kappa shape index (κ2) is 6.07. The van der Waals surface area contributed by atoms with Crippen molar-refractivity contribution in [3.8, 4) is 0 Å². The van der Waals surface area contributed by atoms with Crippen molar-refractivity contribution in [3.05, 3.63) is 22.9 Å². The Balaban J connectivity index is 2.22. The van der Waals surface area contributed by atoms with Crippen LogP contribution in [-0.4, -0.2) is 43.2 Å². The number of carbonyl (C=O) groups excluding carboxylic acids is 1. The minimum absolute atomic E-state index is 0.00121. The van der Waals surface area contributed by atoms with Gasteiger partial charge in [0.1, 0.15) is 18.3 Å². The molecule has 7 heteroatoms. The molecule has 0 spiro atoms. The van der Waals surface area contributed by atoms with Crippen LogP contribution in [0.5, 0.6) is 0 Å². The molecule has 0 aliphatic heterocycles. The normalized spacial score (nSPS) is 12.6. The second-order valence-corrected chi connectivity index (χ2v) is 5.33. The molecule has 7 nitrogen and oxygen atoms in total. The highest BCUT2D eigenvalue weighted by atomic mass is 16.2. The molecule has 0 N–H and O–H groups in total. The first-order valence-corrected chi connectivity index (χ1v) is 7.08. The average molecular weight is 291 g/mol. The van der Waals surface area contributed by atoms with E-state index in [1.807, 2.05) is 6.92 Å². The highest BCUT2D eigenvalue weighted by Gasteiger charge is 2.17. The summed E-state index contributed by atoms with van der Waals surface area (Å²) in [5.74, 6) is -0.0944. The van der Waals surface area contributed by atoms with Crippen LogP contribution in [0.1, 0.15) is 26.7 Å². The third-order valence-corrected chi connectivity index (χ3v) is 3.78. The average Bonchev–Trinajstić information content (AvgIpc) is 2.83. The monoisotopic (exact) mass is 291 g/mol. The Labute approximate surface area is 123 Å². The van der Waals surface area contributed by atoms with Crippen LogP contribution in [0.25, 0.3) is 11.0 Å². The Morgan fingerprint density at radius 3 is 2.86 bits per heavy atom. The van der Waals surface area contributed by atoms with E-state index in [2.05, 4.69) is 17.0 Å². The van der Waals surface area contributed by atoms with Gasteiger partial charge in [-0.3, -0.25) is 18.8 Å². The van der Waals surface area contributed by atoms with Crippen molar-refractivity contribution in [1.82, 2.24) is 24.2 Å². The summed E-state index contributed by atoms with van der Waals surface area (Å²) in [6.07, 6.45) is 4.84. The lowest BCUT2D eigenvalue weighted by Crippen LogP contribution is -2.39. The summed E-state index contributed by atoms with van der Waals surface area (Å²) in [5.41, 5.74) is 0.286. The predicted octanol–water partition coefficient (Wildman–Crippen LogP) is 0.777. The van der Waals surface area contributed by atoms with Gasteiger partial charge in [0.15, 0.2) is 5.65 Å². The fourth-order valence-electron chi connectivity index (χ4n) is 2.29. The molecule has 114 valence electrons. The van der Waals surface area contributed by atoms with E-state index in [1.165, 1.54) is 17.1 Å². The van der Waals surface area contributed by atoms with Crippen LogP contribution in [-0.2, 0) is 18.4 Å². The van der Waals surface area contributed by atoms with Crippen LogP contribution in [0.2, 0.25) is 0 Å². The van der Waals surface area contributed by atoms with E-state index in [0.29, 0.717) is 11.0 Å². The molecule has 0 aliphatic carbocycles. The molecule has 21 heavy (non-hydrogen) atoms.